The highest BCUT2D eigenvalue weighted by Gasteiger charge is 2.14. The van der Waals surface area contributed by atoms with E-state index >= 15 is 0 Å². The Morgan fingerprint density at radius 2 is 1.19 bits per heavy atom. The van der Waals surface area contributed by atoms with Crippen LogP contribution in [-0.2, 0) is 4.52 Å². The normalized spacial score (nSPS) is 13.6. The molecule has 156 valence electrons. The molecule has 0 saturated heterocycles. The molecule has 0 amide bonds. The number of rotatable bonds is 19. The standard InChI is InChI=1S/C23H48NOP/c1-5-6-7-8-9-10-11-12-13-14-15-16-17-18-19-20-21-23(25-26)22-24(2,3)4/h12-13,23,26H,5-11,14-22H2,1-4H3. The first-order valence-electron chi connectivity index (χ1n) is 11.3. The van der Waals surface area contributed by atoms with E-state index in [4.69, 9.17) is 4.52 Å². The molecule has 2 nitrogen and oxygen atoms in total. The van der Waals surface area contributed by atoms with Gasteiger partial charge in [-0.1, -0.05) is 83.3 Å². The van der Waals surface area contributed by atoms with Crippen molar-refractivity contribution in [3.8, 4) is 0 Å². The van der Waals surface area contributed by atoms with Crippen LogP contribution in [0.4, 0.5) is 0 Å². The summed E-state index contributed by atoms with van der Waals surface area (Å²) in [5, 5.41) is 0. The van der Waals surface area contributed by atoms with Gasteiger partial charge in [-0.2, -0.15) is 0 Å². The fraction of sp³-hybridized carbons (Fsp3) is 0.913. The Balaban J connectivity index is 3.31. The molecule has 0 aromatic heterocycles. The van der Waals surface area contributed by atoms with Crippen LogP contribution in [0, 0.1) is 0 Å². The largest absolute Gasteiger partial charge is 0.554 e. The molecule has 0 aliphatic rings. The van der Waals surface area contributed by atoms with Crippen molar-refractivity contribution in [2.75, 3.05) is 27.7 Å². The van der Waals surface area contributed by atoms with E-state index in [1.807, 2.05) is 0 Å². The zero-order valence-electron chi connectivity index (χ0n) is 18.4. The average Bonchev–Trinajstić information content (AvgIpc) is 2.59. The lowest BCUT2D eigenvalue weighted by molar-refractivity contribution is -0.873. The molecule has 3 heteroatoms. The molecular formula is C23H48NOP. The van der Waals surface area contributed by atoms with Gasteiger partial charge in [0, 0.05) is 0 Å². The van der Waals surface area contributed by atoms with E-state index in [9.17, 15) is 0 Å². The second-order valence-electron chi connectivity index (χ2n) is 8.94. The second kappa shape index (κ2) is 18.5. The van der Waals surface area contributed by atoms with E-state index in [-0.39, 0.29) is 0 Å². The number of likely N-dealkylation sites (N-methyl/N-ethyl adjacent to an activating group) is 1. The van der Waals surface area contributed by atoms with Crippen molar-refractivity contribution in [3.63, 3.8) is 0 Å². The van der Waals surface area contributed by atoms with Crippen molar-refractivity contribution in [2.45, 2.75) is 109 Å². The topological polar surface area (TPSA) is 9.23 Å². The molecule has 0 aliphatic carbocycles. The highest BCUT2D eigenvalue weighted by atomic mass is 31.0. The van der Waals surface area contributed by atoms with Crippen LogP contribution in [0.1, 0.15) is 103 Å². The van der Waals surface area contributed by atoms with Gasteiger partial charge in [-0.05, 0) is 32.1 Å². The Morgan fingerprint density at radius 3 is 1.65 bits per heavy atom. The van der Waals surface area contributed by atoms with Gasteiger partial charge in [0.2, 0.25) is 0 Å². The predicted octanol–water partition coefficient (Wildman–Crippen LogP) is 7.56. The number of hydrogen-bond acceptors (Lipinski definition) is 1. The van der Waals surface area contributed by atoms with Gasteiger partial charge in [0.15, 0.2) is 0 Å². The van der Waals surface area contributed by atoms with Gasteiger partial charge in [0.05, 0.1) is 27.2 Å². The fourth-order valence-electron chi connectivity index (χ4n) is 3.42. The summed E-state index contributed by atoms with van der Waals surface area (Å²) in [5.74, 6) is 0. The van der Waals surface area contributed by atoms with Crippen LogP contribution in [-0.4, -0.2) is 38.3 Å². The van der Waals surface area contributed by atoms with Gasteiger partial charge in [-0.25, -0.2) is 0 Å². The molecule has 1 unspecified atom stereocenters. The predicted molar refractivity (Wildman–Crippen MR) is 120 cm³/mol. The van der Waals surface area contributed by atoms with E-state index in [1.54, 1.807) is 0 Å². The minimum atomic E-state index is 0.337. The second-order valence-corrected chi connectivity index (χ2v) is 9.17. The first kappa shape index (κ1) is 26.1. The van der Waals surface area contributed by atoms with Crippen LogP contribution < -0.4 is 0 Å². The van der Waals surface area contributed by atoms with Crippen molar-refractivity contribution >= 4 is 9.47 Å². The number of quaternary nitrogens is 1. The third kappa shape index (κ3) is 20.4. The summed E-state index contributed by atoms with van der Waals surface area (Å²) in [5.41, 5.74) is 0. The third-order valence-electron chi connectivity index (χ3n) is 4.96. The summed E-state index contributed by atoms with van der Waals surface area (Å²) >= 11 is 0. The maximum atomic E-state index is 5.43. The van der Waals surface area contributed by atoms with Gasteiger partial charge in [0.1, 0.15) is 6.54 Å². The lowest BCUT2D eigenvalue weighted by Crippen LogP contribution is -2.41. The van der Waals surface area contributed by atoms with Gasteiger partial charge in [0.25, 0.3) is 0 Å². The van der Waals surface area contributed by atoms with Crippen LogP contribution in [0.25, 0.3) is 0 Å². The summed E-state index contributed by atoms with van der Waals surface area (Å²) in [6.45, 7) is 3.35. The molecule has 0 saturated carbocycles. The van der Waals surface area contributed by atoms with E-state index < -0.39 is 0 Å². The highest BCUT2D eigenvalue weighted by molar-refractivity contribution is 7.09. The quantitative estimate of drug-likeness (QED) is 0.0964. The number of hydrogen-bond donors (Lipinski definition) is 0. The van der Waals surface area contributed by atoms with Crippen LogP contribution in [0.15, 0.2) is 12.2 Å². The zero-order chi connectivity index (χ0) is 19.5. The summed E-state index contributed by atoms with van der Waals surface area (Å²) in [4.78, 5) is 0. The van der Waals surface area contributed by atoms with Crippen LogP contribution in [0.5, 0.6) is 0 Å². The van der Waals surface area contributed by atoms with Crippen molar-refractivity contribution in [3.05, 3.63) is 12.2 Å². The fourth-order valence-corrected chi connectivity index (χ4v) is 3.61. The Bertz CT molecular complexity index is 312. The molecule has 0 fully saturated rings. The van der Waals surface area contributed by atoms with Gasteiger partial charge in [-0.15, -0.1) is 0 Å². The lowest BCUT2D eigenvalue weighted by atomic mass is 10.1. The summed E-state index contributed by atoms with van der Waals surface area (Å²) in [6, 6.07) is 0. The molecule has 0 bridgehead atoms. The average molecular weight is 386 g/mol. The Morgan fingerprint density at radius 1 is 0.731 bits per heavy atom. The minimum absolute atomic E-state index is 0.337. The van der Waals surface area contributed by atoms with E-state index in [0.717, 1.165) is 11.0 Å². The van der Waals surface area contributed by atoms with Crippen LogP contribution in [0.3, 0.4) is 0 Å². The van der Waals surface area contributed by atoms with Crippen molar-refractivity contribution in [1.29, 1.82) is 0 Å². The first-order chi connectivity index (χ1) is 12.5. The molecule has 0 rings (SSSR count). The molecule has 0 aromatic rings. The van der Waals surface area contributed by atoms with Crippen molar-refractivity contribution in [1.82, 2.24) is 0 Å². The molecule has 26 heavy (non-hydrogen) atoms. The van der Waals surface area contributed by atoms with Gasteiger partial charge in [-0.3, -0.25) is 0 Å². The van der Waals surface area contributed by atoms with Crippen LogP contribution >= 0.6 is 9.47 Å². The molecule has 0 N–H and O–H groups in total. The first-order valence-corrected chi connectivity index (χ1v) is 11.7. The summed E-state index contributed by atoms with van der Waals surface area (Å²) < 4.78 is 6.39. The zero-order valence-corrected chi connectivity index (χ0v) is 19.4. The number of allylic oxidation sites excluding steroid dienone is 2. The molecule has 0 heterocycles. The smallest absolute Gasteiger partial charge is 0.102 e. The Hall–Kier alpha value is 0.0900. The number of unbranched alkanes of at least 4 members (excludes halogenated alkanes) is 12. The molecule has 0 radical (unpaired) electrons. The molecular weight excluding hydrogens is 337 g/mol. The summed E-state index contributed by atoms with van der Waals surface area (Å²) in [7, 11) is 9.92. The van der Waals surface area contributed by atoms with E-state index in [1.165, 1.54) is 96.3 Å². The van der Waals surface area contributed by atoms with Crippen molar-refractivity contribution in [2.24, 2.45) is 0 Å². The maximum absolute atomic E-state index is 5.43. The summed E-state index contributed by atoms with van der Waals surface area (Å²) in [6.07, 6.45) is 25.5. The van der Waals surface area contributed by atoms with Crippen LogP contribution in [0.2, 0.25) is 0 Å². The third-order valence-corrected chi connectivity index (χ3v) is 5.29. The molecule has 0 aliphatic heterocycles. The van der Waals surface area contributed by atoms with Gasteiger partial charge < -0.3 is 18.5 Å². The lowest BCUT2D eigenvalue weighted by Gasteiger charge is -2.31. The monoisotopic (exact) mass is 385 g/mol. The number of nitrogens with zero attached hydrogens (tertiary/aromatic N) is 1. The highest BCUT2D eigenvalue weighted by Crippen LogP contribution is 2.15. The molecule has 1 atom stereocenters. The molecule has 0 spiro atoms. The maximum Gasteiger partial charge on any atom is 0.102 e. The van der Waals surface area contributed by atoms with Crippen molar-refractivity contribution < 1.29 is 9.01 Å². The van der Waals surface area contributed by atoms with Gasteiger partial charge >= 0.3 is 0 Å². The Kier molecular flexibility index (Phi) is 18.5. The van der Waals surface area contributed by atoms with E-state index in [0.29, 0.717) is 6.10 Å². The molecule has 0 aromatic carbocycles. The Labute approximate surface area is 168 Å². The minimum Gasteiger partial charge on any atom is -0.554 e. The van der Waals surface area contributed by atoms with E-state index in [2.05, 4.69) is 49.7 Å². The SMILES string of the molecule is CCCCCCCCC=CCCCCCCCCC(C[N+](C)(C)C)O[PH-].